The summed E-state index contributed by atoms with van der Waals surface area (Å²) in [7, 11) is 0. The van der Waals surface area contributed by atoms with Crippen LogP contribution in [0.15, 0.2) is 60.2 Å². The molecular formula is C30H38O4. The molecular weight excluding hydrogens is 424 g/mol. The van der Waals surface area contributed by atoms with Gasteiger partial charge in [-0.25, -0.2) is 0 Å². The second kappa shape index (κ2) is 12.5. The first-order valence-electron chi connectivity index (χ1n) is 12.6. The summed E-state index contributed by atoms with van der Waals surface area (Å²) in [6.45, 7) is 3.30. The SMILES string of the molecule is CC(=O)C=C1CCC(c2ccc(O)cc2)CC1.CC(=O)CC1CCC(c2ccc(O)cc2)CC1. The summed E-state index contributed by atoms with van der Waals surface area (Å²) < 4.78 is 0. The van der Waals surface area contributed by atoms with E-state index >= 15 is 0 Å². The van der Waals surface area contributed by atoms with Gasteiger partial charge < -0.3 is 15.0 Å². The van der Waals surface area contributed by atoms with Crippen LogP contribution in [-0.4, -0.2) is 21.8 Å². The van der Waals surface area contributed by atoms with Crippen molar-refractivity contribution in [3.8, 4) is 11.5 Å². The molecule has 2 saturated carbocycles. The summed E-state index contributed by atoms with van der Waals surface area (Å²) in [6, 6.07) is 15.1. The fourth-order valence-corrected chi connectivity index (χ4v) is 5.35. The van der Waals surface area contributed by atoms with Crippen LogP contribution in [-0.2, 0) is 9.59 Å². The van der Waals surface area contributed by atoms with Crippen LogP contribution in [0.5, 0.6) is 11.5 Å². The van der Waals surface area contributed by atoms with Crippen molar-refractivity contribution in [3.63, 3.8) is 0 Å². The molecule has 2 aromatic carbocycles. The predicted octanol–water partition coefficient (Wildman–Crippen LogP) is 7.21. The summed E-state index contributed by atoms with van der Waals surface area (Å²) in [5.41, 5.74) is 3.90. The Kier molecular flexibility index (Phi) is 9.50. The zero-order chi connectivity index (χ0) is 24.5. The minimum atomic E-state index is 0.156. The number of aromatic hydroxyl groups is 2. The van der Waals surface area contributed by atoms with Crippen molar-refractivity contribution in [2.24, 2.45) is 5.92 Å². The number of hydrogen-bond acceptors (Lipinski definition) is 4. The number of allylic oxidation sites excluding steroid dienone is 2. The molecule has 0 heterocycles. The molecule has 0 spiro atoms. The number of rotatable bonds is 5. The highest BCUT2D eigenvalue weighted by molar-refractivity contribution is 5.87. The van der Waals surface area contributed by atoms with Gasteiger partial charge in [0.05, 0.1) is 0 Å². The van der Waals surface area contributed by atoms with Crippen molar-refractivity contribution in [1.29, 1.82) is 0 Å². The van der Waals surface area contributed by atoms with Crippen molar-refractivity contribution in [2.75, 3.05) is 0 Å². The van der Waals surface area contributed by atoms with Gasteiger partial charge in [-0.3, -0.25) is 4.79 Å². The zero-order valence-corrected chi connectivity index (χ0v) is 20.5. The van der Waals surface area contributed by atoms with E-state index in [1.54, 1.807) is 44.2 Å². The third kappa shape index (κ3) is 8.16. The van der Waals surface area contributed by atoms with Gasteiger partial charge in [-0.05, 0) is 124 Å². The van der Waals surface area contributed by atoms with E-state index in [-0.39, 0.29) is 5.78 Å². The quantitative estimate of drug-likeness (QED) is 0.460. The molecule has 0 aliphatic heterocycles. The van der Waals surface area contributed by atoms with Crippen molar-refractivity contribution in [3.05, 3.63) is 71.3 Å². The molecule has 4 nitrogen and oxygen atoms in total. The molecule has 0 bridgehead atoms. The minimum absolute atomic E-state index is 0.156. The van der Waals surface area contributed by atoms with E-state index in [2.05, 4.69) is 0 Å². The molecule has 2 fully saturated rings. The first-order valence-corrected chi connectivity index (χ1v) is 12.6. The highest BCUT2D eigenvalue weighted by Gasteiger charge is 2.23. The normalized spacial score (nSPS) is 22.3. The molecule has 4 heteroatoms. The number of carbonyl (C=O) groups excluding carboxylic acids is 2. The summed E-state index contributed by atoms with van der Waals surface area (Å²) in [5, 5.41) is 18.5. The van der Waals surface area contributed by atoms with E-state index in [4.69, 9.17) is 0 Å². The number of ketones is 2. The Morgan fingerprint density at radius 2 is 1.18 bits per heavy atom. The summed E-state index contributed by atoms with van der Waals surface area (Å²) in [5.74, 6) is 2.90. The van der Waals surface area contributed by atoms with Crippen LogP contribution in [0.25, 0.3) is 0 Å². The van der Waals surface area contributed by atoms with Crippen LogP contribution >= 0.6 is 0 Å². The van der Waals surface area contributed by atoms with E-state index in [0.717, 1.165) is 44.9 Å². The summed E-state index contributed by atoms with van der Waals surface area (Å²) >= 11 is 0. The number of phenols is 2. The van der Waals surface area contributed by atoms with Gasteiger partial charge in [0.25, 0.3) is 0 Å². The Balaban J connectivity index is 0.000000191. The van der Waals surface area contributed by atoms with Gasteiger partial charge in [0.2, 0.25) is 0 Å². The van der Waals surface area contributed by atoms with Crippen LogP contribution in [0.1, 0.15) is 94.6 Å². The minimum Gasteiger partial charge on any atom is -0.508 e. The first kappa shape index (κ1) is 25.7. The van der Waals surface area contributed by atoms with E-state index in [0.29, 0.717) is 35.0 Å². The van der Waals surface area contributed by atoms with E-state index < -0.39 is 0 Å². The number of Topliss-reactive ketones (excluding diaryl/α,β-unsaturated/α-hetero) is 1. The zero-order valence-electron chi connectivity index (χ0n) is 20.5. The van der Waals surface area contributed by atoms with Gasteiger partial charge in [-0.2, -0.15) is 0 Å². The summed E-state index contributed by atoms with van der Waals surface area (Å²) in [6.07, 6.45) is 11.4. The maximum Gasteiger partial charge on any atom is 0.152 e. The highest BCUT2D eigenvalue weighted by Crippen LogP contribution is 2.38. The Hall–Kier alpha value is -2.88. The lowest BCUT2D eigenvalue weighted by Crippen LogP contribution is -2.15. The van der Waals surface area contributed by atoms with Crippen molar-refractivity contribution in [1.82, 2.24) is 0 Å². The Morgan fingerprint density at radius 1 is 0.735 bits per heavy atom. The summed E-state index contributed by atoms with van der Waals surface area (Å²) in [4.78, 5) is 22.1. The molecule has 2 aromatic rings. The molecule has 2 aliphatic rings. The molecule has 182 valence electrons. The lowest BCUT2D eigenvalue weighted by molar-refractivity contribution is -0.118. The van der Waals surface area contributed by atoms with Gasteiger partial charge in [0, 0.05) is 6.42 Å². The van der Waals surface area contributed by atoms with E-state index in [1.165, 1.54) is 29.5 Å². The predicted molar refractivity (Wildman–Crippen MR) is 136 cm³/mol. The number of carbonyl (C=O) groups is 2. The van der Waals surface area contributed by atoms with Crippen LogP contribution in [0.4, 0.5) is 0 Å². The monoisotopic (exact) mass is 462 g/mol. The topological polar surface area (TPSA) is 74.6 Å². The van der Waals surface area contributed by atoms with Gasteiger partial charge in [-0.1, -0.05) is 29.8 Å². The third-order valence-corrected chi connectivity index (χ3v) is 7.19. The van der Waals surface area contributed by atoms with Gasteiger partial charge in [0.15, 0.2) is 5.78 Å². The molecule has 0 aromatic heterocycles. The average molecular weight is 463 g/mol. The van der Waals surface area contributed by atoms with Gasteiger partial charge in [0.1, 0.15) is 17.3 Å². The van der Waals surface area contributed by atoms with Crippen LogP contribution in [0, 0.1) is 5.92 Å². The first-order chi connectivity index (χ1) is 16.3. The smallest absolute Gasteiger partial charge is 0.152 e. The second-order valence-corrected chi connectivity index (χ2v) is 9.99. The molecule has 4 rings (SSSR count). The van der Waals surface area contributed by atoms with Crippen molar-refractivity contribution < 1.29 is 19.8 Å². The van der Waals surface area contributed by atoms with Crippen molar-refractivity contribution in [2.45, 2.75) is 83.5 Å². The number of phenolic OH excluding ortho intramolecular Hbond substituents is 2. The van der Waals surface area contributed by atoms with Crippen LogP contribution in [0.3, 0.4) is 0 Å². The number of benzene rings is 2. The molecule has 0 atom stereocenters. The number of hydrogen-bond donors (Lipinski definition) is 2. The van der Waals surface area contributed by atoms with Gasteiger partial charge >= 0.3 is 0 Å². The molecule has 0 saturated heterocycles. The maximum atomic E-state index is 11.1. The maximum absolute atomic E-state index is 11.1. The largest absolute Gasteiger partial charge is 0.508 e. The standard InChI is InChI=1S/C15H20O2.C15H18O2/c2*1-11(16)10-12-2-4-13(5-3-12)14-6-8-15(17)9-7-14/h6-9,12-13,17H,2-5,10H2,1H3;6-10,13,17H,2-5H2,1H3. The third-order valence-electron chi connectivity index (χ3n) is 7.19. The average Bonchev–Trinajstić information content (AvgIpc) is 2.81. The molecule has 0 radical (unpaired) electrons. The van der Waals surface area contributed by atoms with Crippen LogP contribution in [0.2, 0.25) is 0 Å². The molecule has 0 amide bonds. The molecule has 2 aliphatic carbocycles. The van der Waals surface area contributed by atoms with Crippen LogP contribution < -0.4 is 0 Å². The van der Waals surface area contributed by atoms with Crippen molar-refractivity contribution >= 4 is 11.6 Å². The molecule has 34 heavy (non-hydrogen) atoms. The lowest BCUT2D eigenvalue weighted by atomic mass is 9.77. The van der Waals surface area contributed by atoms with E-state index in [9.17, 15) is 19.8 Å². The Bertz CT molecular complexity index is 954. The Morgan fingerprint density at radius 3 is 1.59 bits per heavy atom. The lowest BCUT2D eigenvalue weighted by Gasteiger charge is -2.28. The van der Waals surface area contributed by atoms with Gasteiger partial charge in [-0.15, -0.1) is 0 Å². The van der Waals surface area contributed by atoms with E-state index in [1.807, 2.05) is 24.3 Å². The Labute approximate surface area is 203 Å². The fourth-order valence-electron chi connectivity index (χ4n) is 5.35. The molecule has 0 unspecified atom stereocenters. The molecule has 2 N–H and O–H groups in total. The second-order valence-electron chi connectivity index (χ2n) is 9.99. The fraction of sp³-hybridized carbons (Fsp3) is 0.467. The highest BCUT2D eigenvalue weighted by atomic mass is 16.3.